The van der Waals surface area contributed by atoms with Gasteiger partial charge >= 0.3 is 0 Å². The molecule has 8 aliphatic heterocycles. The summed E-state index contributed by atoms with van der Waals surface area (Å²) in [7, 11) is -4.68. The zero-order valence-corrected chi connectivity index (χ0v) is 46.4. The minimum absolute atomic E-state index is 0.0172. The van der Waals surface area contributed by atoms with Crippen molar-refractivity contribution in [1.82, 2.24) is 0 Å². The number of rotatable bonds is 7. The number of ether oxygens (including phenoxy) is 5. The smallest absolute Gasteiger partial charge is 0.193 e. The predicted octanol–water partition coefficient (Wildman–Crippen LogP) is 12.5. The van der Waals surface area contributed by atoms with Crippen LogP contribution in [0.1, 0.15) is 160 Å². The number of ketones is 1. The summed E-state index contributed by atoms with van der Waals surface area (Å²) in [6.07, 6.45) is 11.7. The lowest BCUT2D eigenvalue weighted by Gasteiger charge is -2.54. The third kappa shape index (κ3) is 12.9. The van der Waals surface area contributed by atoms with Gasteiger partial charge in [-0.1, -0.05) is 108 Å². The third-order valence-electron chi connectivity index (χ3n) is 18.1. The van der Waals surface area contributed by atoms with E-state index in [-0.39, 0.29) is 94.7 Å². The van der Waals surface area contributed by atoms with Gasteiger partial charge in [-0.2, -0.15) is 0 Å². The molecule has 0 saturated carbocycles. The Hall–Kier alpha value is -0.996. The van der Waals surface area contributed by atoms with E-state index in [4.69, 9.17) is 32.5 Å². The number of fused-ring (bicyclic) bond motifs is 2. The van der Waals surface area contributed by atoms with Crippen molar-refractivity contribution in [2.45, 2.75) is 275 Å². The Balaban J connectivity index is 1.33. The van der Waals surface area contributed by atoms with Crippen LogP contribution in [0.2, 0.25) is 36.3 Å². The van der Waals surface area contributed by atoms with E-state index >= 15 is 0 Å². The molecule has 8 aliphatic rings. The summed E-state index contributed by atoms with van der Waals surface area (Å²) in [6.45, 7) is 43.3. The second kappa shape index (κ2) is 21.8. The molecule has 8 heterocycles. The van der Waals surface area contributed by atoms with Crippen molar-refractivity contribution in [3.63, 3.8) is 0 Å². The van der Waals surface area contributed by atoms with Gasteiger partial charge < -0.3 is 37.6 Å². The Bertz CT molecular complexity index is 1680. The lowest BCUT2D eigenvalue weighted by molar-refractivity contribution is -0.251. The van der Waals surface area contributed by atoms with Crippen LogP contribution >= 0.6 is 0 Å². The lowest BCUT2D eigenvalue weighted by Crippen LogP contribution is -2.64. The first-order valence-electron chi connectivity index (χ1n) is 26.5. The summed E-state index contributed by atoms with van der Waals surface area (Å²) in [6, 6.07) is 0. The fourth-order valence-electron chi connectivity index (χ4n) is 11.3. The predicted molar refractivity (Wildman–Crippen MR) is 272 cm³/mol. The molecule has 0 aromatic carbocycles. The fraction of sp³-hybridized carbons (Fsp3) is 0.873. The van der Waals surface area contributed by atoms with E-state index < -0.39 is 34.9 Å². The Morgan fingerprint density at radius 2 is 1.33 bits per heavy atom. The summed E-state index contributed by atoms with van der Waals surface area (Å²) >= 11 is 0. The van der Waals surface area contributed by atoms with E-state index in [2.05, 4.69) is 122 Å². The number of aliphatic hydroxyl groups excluding tert-OH is 1. The molecule has 0 aliphatic carbocycles. The molecular formula is C55H96O9Si2. The fourth-order valence-corrected chi connectivity index (χ4v) is 13.9. The van der Waals surface area contributed by atoms with E-state index in [1.54, 1.807) is 0 Å². The summed E-state index contributed by atoms with van der Waals surface area (Å²) in [4.78, 5) is 14.5. The number of carbonyl (C=O) groups is 1. The molecule has 5 fully saturated rings. The van der Waals surface area contributed by atoms with Crippen LogP contribution in [0.5, 0.6) is 0 Å². The Kier molecular flexibility index (Phi) is 17.9. The Labute approximate surface area is 404 Å². The summed E-state index contributed by atoms with van der Waals surface area (Å²) in [5.41, 5.74) is 2.28. The van der Waals surface area contributed by atoms with Gasteiger partial charge in [0.25, 0.3) is 0 Å². The van der Waals surface area contributed by atoms with E-state index in [1.807, 2.05) is 6.08 Å². The minimum Gasteiger partial charge on any atom is -0.411 e. The lowest BCUT2D eigenvalue weighted by atomic mass is 9.78. The van der Waals surface area contributed by atoms with Gasteiger partial charge in [-0.15, -0.1) is 0 Å². The minimum atomic E-state index is -2.34. The standard InChI is InChI=1S/C55H96O9Si2/c1-18-33(2)27-48-37(6)44-31-40(57)30-43-23-26-46-51(60-43)38(7)52(64-66(16,17)55(11,12)13)53(62-46)47(63-65(14,15)54(8,9)10)24-20-39(56)19-21-41-29-35(4)45(58-41)25-22-42-28-34(3)36(5)49(59-42)32-50(44)61-48/h20,24,33-34,37-39,41-53,56H,4-5,18-19,21-23,25-32H2,1-3,6-17H3/b24-20+/t33-,34-,37-,38+,39?,41+,42?,43?,44-,45+,46+,47+,48-,49-,50+,51-,52+,53+/m1/s1. The first kappa shape index (κ1) is 54.3. The SMILES string of the molecule is C=C1C[C@@H]2CCC(O)/C=C/[C@H](O[Si](C)(C)C(C)(C)C)[C@@H]3O[C@H]4CCC(CC(=O)C[C@@H]5[C@@H](C)[C@@H](C[C@H](C)CC)O[C@H]5C[C@H]5OC(CC[C@@H]1O2)C[C@@H](C)C5=C)O[C@@H]4[C@H](C)[C@@H]3O[Si](C)(C)C(C)(C)C. The molecule has 0 aromatic heterocycles. The maximum atomic E-state index is 14.5. The quantitative estimate of drug-likeness (QED) is 0.197. The van der Waals surface area contributed by atoms with Crippen LogP contribution in [-0.4, -0.2) is 107 Å². The van der Waals surface area contributed by atoms with Crippen LogP contribution in [0.15, 0.2) is 36.5 Å². The van der Waals surface area contributed by atoms with Gasteiger partial charge in [0, 0.05) is 25.2 Å². The highest BCUT2D eigenvalue weighted by atomic mass is 28.4. The molecule has 0 amide bonds. The number of aliphatic hydroxyl groups is 1. The van der Waals surface area contributed by atoms with Gasteiger partial charge in [0.1, 0.15) is 11.9 Å². The van der Waals surface area contributed by atoms with Crippen molar-refractivity contribution in [2.24, 2.45) is 29.6 Å². The molecule has 8 bridgehead atoms. The van der Waals surface area contributed by atoms with E-state index in [9.17, 15) is 9.90 Å². The summed E-state index contributed by atoms with van der Waals surface area (Å²) in [5.74, 6) is 1.47. The van der Waals surface area contributed by atoms with E-state index in [0.29, 0.717) is 31.1 Å². The van der Waals surface area contributed by atoms with Gasteiger partial charge in [0.15, 0.2) is 16.6 Å². The van der Waals surface area contributed by atoms with Gasteiger partial charge in [-0.3, -0.25) is 4.79 Å². The molecule has 378 valence electrons. The normalized spacial score (nSPS) is 41.5. The van der Waals surface area contributed by atoms with Gasteiger partial charge in [-0.25, -0.2) is 0 Å². The highest BCUT2D eigenvalue weighted by molar-refractivity contribution is 6.74. The third-order valence-corrected chi connectivity index (χ3v) is 27.1. The van der Waals surface area contributed by atoms with Gasteiger partial charge in [0.05, 0.1) is 73.2 Å². The molecular weight excluding hydrogens is 861 g/mol. The van der Waals surface area contributed by atoms with Crippen LogP contribution < -0.4 is 0 Å². The average Bonchev–Trinajstić information content (AvgIpc) is 3.72. The molecule has 5 saturated heterocycles. The molecule has 66 heavy (non-hydrogen) atoms. The molecule has 0 radical (unpaired) electrons. The number of hydrogen-bond donors (Lipinski definition) is 1. The van der Waals surface area contributed by atoms with Crippen molar-refractivity contribution < 1.29 is 42.4 Å². The molecule has 8 rings (SSSR count). The highest BCUT2D eigenvalue weighted by Crippen LogP contribution is 2.47. The van der Waals surface area contributed by atoms with E-state index in [0.717, 1.165) is 75.4 Å². The maximum absolute atomic E-state index is 14.5. The van der Waals surface area contributed by atoms with Crippen molar-refractivity contribution in [3.8, 4) is 0 Å². The van der Waals surface area contributed by atoms with Crippen LogP contribution in [0.25, 0.3) is 0 Å². The van der Waals surface area contributed by atoms with Crippen molar-refractivity contribution in [3.05, 3.63) is 36.5 Å². The largest absolute Gasteiger partial charge is 0.411 e. The highest BCUT2D eigenvalue weighted by Gasteiger charge is 2.54. The average molecular weight is 958 g/mol. The van der Waals surface area contributed by atoms with Crippen LogP contribution in [0, 0.1) is 29.6 Å². The second-order valence-electron chi connectivity index (χ2n) is 25.3. The number of carbonyl (C=O) groups excluding carboxylic acids is 1. The first-order chi connectivity index (χ1) is 30.7. The molecule has 3 unspecified atom stereocenters. The zero-order chi connectivity index (χ0) is 48.7. The van der Waals surface area contributed by atoms with Crippen molar-refractivity contribution in [2.75, 3.05) is 0 Å². The number of hydrogen-bond acceptors (Lipinski definition) is 9. The van der Waals surface area contributed by atoms with E-state index in [1.165, 1.54) is 0 Å². The van der Waals surface area contributed by atoms with Crippen LogP contribution in [-0.2, 0) is 37.3 Å². The zero-order valence-electron chi connectivity index (χ0n) is 44.4. The Morgan fingerprint density at radius 3 is 2.00 bits per heavy atom. The van der Waals surface area contributed by atoms with Crippen LogP contribution in [0.4, 0.5) is 0 Å². The van der Waals surface area contributed by atoms with Crippen molar-refractivity contribution >= 4 is 22.4 Å². The maximum Gasteiger partial charge on any atom is 0.193 e. The topological polar surface area (TPSA) is 102 Å². The second-order valence-corrected chi connectivity index (χ2v) is 34.8. The van der Waals surface area contributed by atoms with Crippen LogP contribution in [0.3, 0.4) is 0 Å². The summed E-state index contributed by atoms with van der Waals surface area (Å²) < 4.78 is 49.8. The molecule has 18 atom stereocenters. The van der Waals surface area contributed by atoms with Gasteiger partial charge in [-0.05, 0) is 129 Å². The van der Waals surface area contributed by atoms with Crippen molar-refractivity contribution in [1.29, 1.82) is 0 Å². The molecule has 0 aromatic rings. The Morgan fingerprint density at radius 1 is 0.712 bits per heavy atom. The molecule has 11 heteroatoms. The summed E-state index contributed by atoms with van der Waals surface area (Å²) in [5, 5.41) is 11.5. The monoisotopic (exact) mass is 957 g/mol. The molecule has 9 nitrogen and oxygen atoms in total. The molecule has 1 N–H and O–H groups in total. The van der Waals surface area contributed by atoms with Gasteiger partial charge in [0.2, 0.25) is 0 Å². The number of Topliss-reactive ketones (excluding diaryl/α,β-unsaturated/α-hetero) is 1. The molecule has 0 spiro atoms. The first-order valence-corrected chi connectivity index (χ1v) is 32.4.